The molecule has 0 unspecified atom stereocenters. The number of fused-ring (bicyclic) bond motifs is 1. The van der Waals surface area contributed by atoms with E-state index in [1.54, 1.807) is 12.1 Å². The number of rotatable bonds is 3. The Bertz CT molecular complexity index is 604. The minimum Gasteiger partial charge on any atom is -0.338 e. The minimum absolute atomic E-state index is 0.183. The number of nitrogens with one attached hydrogen (secondary N) is 1. The lowest BCUT2D eigenvalue weighted by molar-refractivity contribution is -0.115. The van der Waals surface area contributed by atoms with Crippen LogP contribution in [0.25, 0.3) is 0 Å². The number of anilines is 1. The zero-order valence-electron chi connectivity index (χ0n) is 10.3. The van der Waals surface area contributed by atoms with Crippen LogP contribution in [0.4, 0.5) is 10.3 Å². The predicted molar refractivity (Wildman–Crippen MR) is 67.3 cm³/mol. The fraction of sp³-hybridized carbons (Fsp3) is 0.286. The lowest BCUT2D eigenvalue weighted by Crippen LogP contribution is -2.14. The molecule has 0 atom stereocenters. The highest BCUT2D eigenvalue weighted by Crippen LogP contribution is 2.28. The number of nitrogens with zero attached hydrogens (tertiary/aromatic N) is 1. The summed E-state index contributed by atoms with van der Waals surface area (Å²) in [4.78, 5) is 11.9. The Labute approximate surface area is 109 Å². The summed E-state index contributed by atoms with van der Waals surface area (Å²) in [6, 6.07) is 5.88. The van der Waals surface area contributed by atoms with Crippen LogP contribution in [0.1, 0.15) is 23.2 Å². The van der Waals surface area contributed by atoms with Crippen molar-refractivity contribution < 1.29 is 13.7 Å². The summed E-state index contributed by atoms with van der Waals surface area (Å²) >= 11 is 0. The van der Waals surface area contributed by atoms with Gasteiger partial charge in [-0.25, -0.2) is 4.39 Å². The largest absolute Gasteiger partial charge is 0.338 e. The lowest BCUT2D eigenvalue weighted by atomic mass is 10.1. The van der Waals surface area contributed by atoms with Crippen molar-refractivity contribution in [3.63, 3.8) is 0 Å². The van der Waals surface area contributed by atoms with Crippen molar-refractivity contribution in [1.29, 1.82) is 0 Å². The fourth-order valence-corrected chi connectivity index (χ4v) is 2.29. The van der Waals surface area contributed by atoms with E-state index in [-0.39, 0.29) is 18.1 Å². The van der Waals surface area contributed by atoms with E-state index in [1.165, 1.54) is 12.1 Å². The second-order valence-corrected chi connectivity index (χ2v) is 4.64. The van der Waals surface area contributed by atoms with E-state index in [4.69, 9.17) is 4.52 Å². The van der Waals surface area contributed by atoms with Gasteiger partial charge in [-0.1, -0.05) is 17.3 Å². The van der Waals surface area contributed by atoms with Gasteiger partial charge in [0.05, 0.1) is 12.1 Å². The molecule has 19 heavy (non-hydrogen) atoms. The molecular formula is C14H13FN2O2. The van der Waals surface area contributed by atoms with Gasteiger partial charge in [0.25, 0.3) is 0 Å². The van der Waals surface area contributed by atoms with Gasteiger partial charge in [-0.3, -0.25) is 10.1 Å². The van der Waals surface area contributed by atoms with Crippen LogP contribution in [0.3, 0.4) is 0 Å². The normalized spacial score (nSPS) is 13.3. The van der Waals surface area contributed by atoms with Gasteiger partial charge in [-0.2, -0.15) is 0 Å². The molecule has 0 bridgehead atoms. The highest BCUT2D eigenvalue weighted by atomic mass is 19.1. The molecule has 0 fully saturated rings. The molecule has 0 saturated carbocycles. The molecule has 5 heteroatoms. The zero-order chi connectivity index (χ0) is 13.2. The average Bonchev–Trinajstić information content (AvgIpc) is 2.97. The van der Waals surface area contributed by atoms with E-state index < -0.39 is 0 Å². The van der Waals surface area contributed by atoms with Crippen molar-refractivity contribution in [3.05, 3.63) is 46.9 Å². The molecule has 1 N–H and O–H groups in total. The molecule has 1 aliphatic carbocycles. The number of carbonyl (C=O) groups is 1. The molecule has 4 nitrogen and oxygen atoms in total. The third-order valence-electron chi connectivity index (χ3n) is 3.24. The SMILES string of the molecule is O=C(Cc1ccc(F)cc1)Nc1onc2c1CCC2. The van der Waals surface area contributed by atoms with Gasteiger partial charge in [-0.15, -0.1) is 0 Å². The highest BCUT2D eigenvalue weighted by Gasteiger charge is 2.22. The fourth-order valence-electron chi connectivity index (χ4n) is 2.29. The molecule has 0 aliphatic heterocycles. The van der Waals surface area contributed by atoms with Crippen LogP contribution in [0, 0.1) is 5.82 Å². The first-order chi connectivity index (χ1) is 9.22. The first-order valence-electron chi connectivity index (χ1n) is 6.24. The van der Waals surface area contributed by atoms with Crippen molar-refractivity contribution in [2.24, 2.45) is 0 Å². The number of halogens is 1. The maximum atomic E-state index is 12.8. The van der Waals surface area contributed by atoms with Gasteiger partial charge in [0.15, 0.2) is 0 Å². The van der Waals surface area contributed by atoms with Gasteiger partial charge in [0.1, 0.15) is 5.82 Å². The molecule has 1 aromatic carbocycles. The molecule has 0 spiro atoms. The summed E-state index contributed by atoms with van der Waals surface area (Å²) in [5.41, 5.74) is 2.71. The van der Waals surface area contributed by atoms with E-state index in [1.807, 2.05) is 0 Å². The van der Waals surface area contributed by atoms with Crippen LogP contribution in [0.5, 0.6) is 0 Å². The molecule has 0 saturated heterocycles. The molecule has 98 valence electrons. The quantitative estimate of drug-likeness (QED) is 0.922. The molecular weight excluding hydrogens is 247 g/mol. The van der Waals surface area contributed by atoms with E-state index >= 15 is 0 Å². The number of aryl methyl sites for hydroxylation is 1. The predicted octanol–water partition coefficient (Wildman–Crippen LogP) is 2.48. The van der Waals surface area contributed by atoms with E-state index in [0.717, 1.165) is 36.1 Å². The molecule has 1 amide bonds. The topological polar surface area (TPSA) is 55.1 Å². The average molecular weight is 260 g/mol. The first kappa shape index (κ1) is 11.9. The number of amides is 1. The van der Waals surface area contributed by atoms with E-state index in [0.29, 0.717) is 5.88 Å². The highest BCUT2D eigenvalue weighted by molar-refractivity contribution is 5.91. The molecule has 1 aromatic heterocycles. The molecule has 2 aromatic rings. The third-order valence-corrected chi connectivity index (χ3v) is 3.24. The summed E-state index contributed by atoms with van der Waals surface area (Å²) in [5, 5.41) is 6.65. The summed E-state index contributed by atoms with van der Waals surface area (Å²) in [7, 11) is 0. The first-order valence-corrected chi connectivity index (χ1v) is 6.24. The molecule has 1 aliphatic rings. The van der Waals surface area contributed by atoms with Crippen molar-refractivity contribution in [2.45, 2.75) is 25.7 Å². The molecule has 3 rings (SSSR count). The van der Waals surface area contributed by atoms with E-state index in [9.17, 15) is 9.18 Å². The third kappa shape index (κ3) is 2.50. The molecule has 1 heterocycles. The van der Waals surface area contributed by atoms with E-state index in [2.05, 4.69) is 10.5 Å². The standard InChI is InChI=1S/C14H13FN2O2/c15-10-6-4-9(5-7-10)8-13(18)16-14-11-2-1-3-12(11)17-19-14/h4-7H,1-3,8H2,(H,16,18). The minimum atomic E-state index is -0.308. The second-order valence-electron chi connectivity index (χ2n) is 4.64. The second kappa shape index (κ2) is 4.84. The smallest absolute Gasteiger partial charge is 0.234 e. The van der Waals surface area contributed by atoms with Crippen LogP contribution in [-0.4, -0.2) is 11.1 Å². The summed E-state index contributed by atoms with van der Waals surface area (Å²) in [6.45, 7) is 0. The van der Waals surface area contributed by atoms with Crippen LogP contribution in [0.15, 0.2) is 28.8 Å². The van der Waals surface area contributed by atoms with Gasteiger partial charge in [0.2, 0.25) is 11.8 Å². The van der Waals surface area contributed by atoms with Crippen LogP contribution in [0.2, 0.25) is 0 Å². The zero-order valence-corrected chi connectivity index (χ0v) is 10.3. The Morgan fingerprint density at radius 2 is 2.11 bits per heavy atom. The Hall–Kier alpha value is -2.17. The summed E-state index contributed by atoms with van der Waals surface area (Å²) in [5.74, 6) is -0.0331. The summed E-state index contributed by atoms with van der Waals surface area (Å²) < 4.78 is 17.9. The number of carbonyl (C=O) groups excluding carboxylic acids is 1. The number of hydrogen-bond donors (Lipinski definition) is 1. The van der Waals surface area contributed by atoms with Crippen LogP contribution < -0.4 is 5.32 Å². The Kier molecular flexibility index (Phi) is 3.03. The Morgan fingerprint density at radius 3 is 2.89 bits per heavy atom. The number of benzene rings is 1. The maximum Gasteiger partial charge on any atom is 0.234 e. The van der Waals surface area contributed by atoms with Crippen LogP contribution >= 0.6 is 0 Å². The molecule has 0 radical (unpaired) electrons. The number of hydrogen-bond acceptors (Lipinski definition) is 3. The Balaban J connectivity index is 1.66. The van der Waals surface area contributed by atoms with Crippen LogP contribution in [-0.2, 0) is 24.1 Å². The van der Waals surface area contributed by atoms with Crippen molar-refractivity contribution in [2.75, 3.05) is 5.32 Å². The maximum absolute atomic E-state index is 12.8. The lowest BCUT2D eigenvalue weighted by Gasteiger charge is -2.03. The monoisotopic (exact) mass is 260 g/mol. The van der Waals surface area contributed by atoms with Gasteiger partial charge >= 0.3 is 0 Å². The van der Waals surface area contributed by atoms with Crippen molar-refractivity contribution in [1.82, 2.24) is 5.16 Å². The number of aromatic nitrogens is 1. The van der Waals surface area contributed by atoms with Gasteiger partial charge in [-0.05, 0) is 37.0 Å². The van der Waals surface area contributed by atoms with Gasteiger partial charge in [0, 0.05) is 5.56 Å². The van der Waals surface area contributed by atoms with Crippen molar-refractivity contribution in [3.8, 4) is 0 Å². The summed E-state index contributed by atoms with van der Waals surface area (Å²) in [6.07, 6.45) is 3.04. The Morgan fingerprint density at radius 1 is 1.32 bits per heavy atom. The van der Waals surface area contributed by atoms with Gasteiger partial charge < -0.3 is 4.52 Å². The van der Waals surface area contributed by atoms with Crippen molar-refractivity contribution >= 4 is 11.8 Å².